The lowest BCUT2D eigenvalue weighted by molar-refractivity contribution is -0.168. The summed E-state index contributed by atoms with van der Waals surface area (Å²) in [5, 5.41) is 10.0. The maximum atomic E-state index is 12.1. The van der Waals surface area contributed by atoms with Crippen molar-refractivity contribution in [2.45, 2.75) is 77.2 Å². The number of fused-ring (bicyclic) bond motifs is 6. The van der Waals surface area contributed by atoms with Gasteiger partial charge in [0.15, 0.2) is 0 Å². The molecule has 0 bridgehead atoms. The summed E-state index contributed by atoms with van der Waals surface area (Å²) in [6.07, 6.45) is 9.87. The van der Waals surface area contributed by atoms with Gasteiger partial charge in [0.25, 0.3) is 0 Å². The first kappa shape index (κ1) is 17.5. The van der Waals surface area contributed by atoms with E-state index in [1.54, 1.807) is 0 Å². The minimum Gasteiger partial charge on any atom is -0.458 e. The van der Waals surface area contributed by atoms with E-state index in [0.29, 0.717) is 42.8 Å². The number of hydrogen-bond donors (Lipinski definition) is 0. The van der Waals surface area contributed by atoms with Gasteiger partial charge in [-0.25, -0.2) is 0 Å². The Hall–Kier alpha value is -1.63. The maximum absolute atomic E-state index is 12.1. The zero-order valence-corrected chi connectivity index (χ0v) is 16.4. The average Bonchev–Trinajstić information content (AvgIpc) is 3.16. The van der Waals surface area contributed by atoms with Crippen molar-refractivity contribution in [1.82, 2.24) is 0 Å². The first-order chi connectivity index (χ1) is 12.8. The highest BCUT2D eigenvalue weighted by Crippen LogP contribution is 2.70. The van der Waals surface area contributed by atoms with Gasteiger partial charge in [0.1, 0.15) is 11.4 Å². The molecule has 0 N–H and O–H groups in total. The zero-order valence-electron chi connectivity index (χ0n) is 16.4. The number of hydrogen-bond acceptors (Lipinski definition) is 4. The van der Waals surface area contributed by atoms with E-state index < -0.39 is 0 Å². The van der Waals surface area contributed by atoms with E-state index in [9.17, 15) is 14.9 Å². The van der Waals surface area contributed by atoms with E-state index in [4.69, 9.17) is 4.74 Å². The summed E-state index contributed by atoms with van der Waals surface area (Å²) in [5.74, 6) is 1.40. The van der Waals surface area contributed by atoms with Gasteiger partial charge in [-0.3, -0.25) is 9.59 Å². The predicted molar refractivity (Wildman–Crippen MR) is 99.3 cm³/mol. The predicted octanol–water partition coefficient (Wildman–Crippen LogP) is 4.34. The smallest absolute Gasteiger partial charge is 0.306 e. The van der Waals surface area contributed by atoms with Crippen LogP contribution in [0.5, 0.6) is 0 Å². The second-order valence-corrected chi connectivity index (χ2v) is 10.2. The highest BCUT2D eigenvalue weighted by Gasteiger charge is 2.68. The number of allylic oxidation sites excluding steroid dienone is 2. The zero-order chi connectivity index (χ0) is 19.0. The Bertz CT molecular complexity index is 794. The van der Waals surface area contributed by atoms with Crippen molar-refractivity contribution in [1.29, 1.82) is 5.26 Å². The molecule has 0 radical (unpaired) electrons. The van der Waals surface area contributed by atoms with Crippen molar-refractivity contribution < 1.29 is 14.3 Å². The molecule has 4 fully saturated rings. The number of ether oxygens (including phenoxy) is 1. The fourth-order valence-electron chi connectivity index (χ4n) is 7.92. The number of esters is 1. The van der Waals surface area contributed by atoms with Crippen LogP contribution in [0.3, 0.4) is 0 Å². The molecule has 4 aliphatic carbocycles. The van der Waals surface area contributed by atoms with Crippen LogP contribution in [0.4, 0.5) is 0 Å². The van der Waals surface area contributed by atoms with Crippen LogP contribution in [0.2, 0.25) is 0 Å². The van der Waals surface area contributed by atoms with E-state index in [1.165, 1.54) is 5.57 Å². The van der Waals surface area contributed by atoms with E-state index in [-0.39, 0.29) is 28.3 Å². The van der Waals surface area contributed by atoms with Crippen molar-refractivity contribution in [3.05, 3.63) is 11.6 Å². The standard InChI is InChI=1S/C23H29NO3/c1-21-7-3-16(25)12-15(21)11-14(13-24)20-17(21)4-8-22(2)18(20)5-9-23(22)10-6-19(26)27-23/h11,14,17-18,20H,3-10,12H2,1-2H3/t14-,17?,18?,20?,21-,22-,23+/m0/s1. The molecule has 4 nitrogen and oxygen atoms in total. The summed E-state index contributed by atoms with van der Waals surface area (Å²) >= 11 is 0. The van der Waals surface area contributed by atoms with E-state index in [2.05, 4.69) is 26.0 Å². The molecule has 0 aromatic heterocycles. The van der Waals surface area contributed by atoms with Crippen LogP contribution in [0, 0.1) is 45.8 Å². The maximum Gasteiger partial charge on any atom is 0.306 e. The number of nitrogens with zero attached hydrogens (tertiary/aromatic N) is 1. The van der Waals surface area contributed by atoms with Crippen molar-refractivity contribution >= 4 is 11.8 Å². The van der Waals surface area contributed by atoms with Gasteiger partial charge in [-0.05, 0) is 61.7 Å². The van der Waals surface area contributed by atoms with Gasteiger partial charge in [0, 0.05) is 24.7 Å². The second-order valence-electron chi connectivity index (χ2n) is 10.2. The highest BCUT2D eigenvalue weighted by molar-refractivity contribution is 5.82. The Labute approximate surface area is 161 Å². The van der Waals surface area contributed by atoms with Crippen molar-refractivity contribution in [3.63, 3.8) is 0 Å². The van der Waals surface area contributed by atoms with Gasteiger partial charge < -0.3 is 4.74 Å². The molecule has 144 valence electrons. The fraction of sp³-hybridized carbons (Fsp3) is 0.783. The minimum atomic E-state index is -0.298. The Morgan fingerprint density at radius 2 is 1.85 bits per heavy atom. The molecule has 1 saturated heterocycles. The molecule has 0 aromatic rings. The van der Waals surface area contributed by atoms with E-state index >= 15 is 0 Å². The number of ketones is 1. The first-order valence-corrected chi connectivity index (χ1v) is 10.7. The lowest BCUT2D eigenvalue weighted by Crippen LogP contribution is -2.56. The lowest BCUT2D eigenvalue weighted by Gasteiger charge is -2.59. The minimum absolute atomic E-state index is 0.0123. The van der Waals surface area contributed by atoms with Crippen LogP contribution in [0.15, 0.2) is 11.6 Å². The lowest BCUT2D eigenvalue weighted by atomic mass is 9.45. The monoisotopic (exact) mass is 367 g/mol. The molecule has 3 unspecified atom stereocenters. The molecule has 1 aliphatic heterocycles. The molecule has 5 aliphatic rings. The van der Waals surface area contributed by atoms with Gasteiger partial charge in [0.2, 0.25) is 0 Å². The summed E-state index contributed by atoms with van der Waals surface area (Å²) in [7, 11) is 0. The number of nitriles is 1. The van der Waals surface area contributed by atoms with E-state index in [0.717, 1.165) is 38.5 Å². The van der Waals surface area contributed by atoms with Gasteiger partial charge >= 0.3 is 5.97 Å². The van der Waals surface area contributed by atoms with Gasteiger partial charge in [-0.15, -0.1) is 0 Å². The number of carbonyl (C=O) groups is 2. The molecule has 7 atom stereocenters. The summed E-state index contributed by atoms with van der Waals surface area (Å²) in [4.78, 5) is 24.1. The summed E-state index contributed by atoms with van der Waals surface area (Å²) in [5.41, 5.74) is 0.986. The normalized spacial score (nSPS) is 51.1. The first-order valence-electron chi connectivity index (χ1n) is 10.7. The van der Waals surface area contributed by atoms with Crippen LogP contribution in [0.1, 0.15) is 71.6 Å². The number of Topliss-reactive ketones (excluding diaryl/α,β-unsaturated/α-hetero) is 1. The molecule has 3 saturated carbocycles. The Kier molecular flexibility index (Phi) is 3.53. The molecule has 4 heteroatoms. The SMILES string of the molecule is C[C@]12CCC(=O)CC1=C[C@@H](C#N)C1C2CC[C@@]2(C)C1CC[C@@]21CCC(=O)O1. The molecule has 1 spiro atoms. The molecule has 27 heavy (non-hydrogen) atoms. The molecular weight excluding hydrogens is 338 g/mol. The van der Waals surface area contributed by atoms with Crippen LogP contribution in [-0.4, -0.2) is 17.4 Å². The average molecular weight is 367 g/mol. The molecule has 0 aromatic carbocycles. The second kappa shape index (κ2) is 5.46. The molecule has 0 amide bonds. The number of rotatable bonds is 0. The molecule has 5 rings (SSSR count). The molecular formula is C23H29NO3. The Morgan fingerprint density at radius 1 is 1.07 bits per heavy atom. The summed E-state index contributed by atoms with van der Waals surface area (Å²) in [6, 6.07) is 2.59. The molecule has 1 heterocycles. The largest absolute Gasteiger partial charge is 0.458 e. The van der Waals surface area contributed by atoms with Crippen molar-refractivity contribution in [3.8, 4) is 6.07 Å². The van der Waals surface area contributed by atoms with Crippen molar-refractivity contribution in [2.75, 3.05) is 0 Å². The quantitative estimate of drug-likeness (QED) is 0.472. The van der Waals surface area contributed by atoms with Crippen LogP contribution >= 0.6 is 0 Å². The van der Waals surface area contributed by atoms with Gasteiger partial charge in [-0.1, -0.05) is 25.5 Å². The topological polar surface area (TPSA) is 67.2 Å². The third kappa shape index (κ3) is 2.09. The highest BCUT2D eigenvalue weighted by atomic mass is 16.6. The van der Waals surface area contributed by atoms with Crippen LogP contribution in [0.25, 0.3) is 0 Å². The number of carbonyl (C=O) groups excluding carboxylic acids is 2. The van der Waals surface area contributed by atoms with Crippen LogP contribution < -0.4 is 0 Å². The Balaban J connectivity index is 1.57. The van der Waals surface area contributed by atoms with Crippen LogP contribution in [-0.2, 0) is 14.3 Å². The third-order valence-electron chi connectivity index (χ3n) is 9.47. The van der Waals surface area contributed by atoms with Gasteiger partial charge in [0.05, 0.1) is 12.0 Å². The summed E-state index contributed by atoms with van der Waals surface area (Å²) < 4.78 is 5.99. The third-order valence-corrected chi connectivity index (χ3v) is 9.47. The summed E-state index contributed by atoms with van der Waals surface area (Å²) in [6.45, 7) is 4.68. The van der Waals surface area contributed by atoms with Gasteiger partial charge in [-0.2, -0.15) is 5.26 Å². The fourth-order valence-corrected chi connectivity index (χ4v) is 7.92. The Morgan fingerprint density at radius 3 is 2.56 bits per heavy atom. The van der Waals surface area contributed by atoms with Crippen molar-refractivity contribution in [2.24, 2.45) is 34.5 Å². The van der Waals surface area contributed by atoms with E-state index in [1.807, 2.05) is 0 Å².